The largest absolute Gasteiger partial charge is 0.493 e. The second kappa shape index (κ2) is 5.82. The standard InChI is InChI=1S/C15H19ClN2O.ClH/c1-15(2)3-6-19-14-10(7-11(16)9-12(14)15)8-13-17-4-5-18-13;/h7,9H,3-6,8H2,1-2H3,(H,17,18);1H. The molecule has 0 aromatic heterocycles. The van der Waals surface area contributed by atoms with Gasteiger partial charge in [0.2, 0.25) is 0 Å². The number of hydrogen-bond donors (Lipinski definition) is 1. The first-order valence-electron chi connectivity index (χ1n) is 6.79. The van der Waals surface area contributed by atoms with Gasteiger partial charge in [0.15, 0.2) is 0 Å². The lowest BCUT2D eigenvalue weighted by Gasteiger charge is -2.34. The van der Waals surface area contributed by atoms with E-state index in [4.69, 9.17) is 16.3 Å². The molecule has 0 saturated carbocycles. The predicted molar refractivity (Wildman–Crippen MR) is 85.8 cm³/mol. The lowest BCUT2D eigenvalue weighted by atomic mass is 9.79. The van der Waals surface area contributed by atoms with Crippen molar-refractivity contribution in [3.8, 4) is 5.75 Å². The second-order valence-electron chi connectivity index (χ2n) is 5.86. The summed E-state index contributed by atoms with van der Waals surface area (Å²) < 4.78 is 5.91. The van der Waals surface area contributed by atoms with Crippen molar-refractivity contribution in [2.45, 2.75) is 32.1 Å². The van der Waals surface area contributed by atoms with Gasteiger partial charge in [0.05, 0.1) is 13.2 Å². The van der Waals surface area contributed by atoms with Crippen LogP contribution in [0, 0.1) is 0 Å². The highest BCUT2D eigenvalue weighted by molar-refractivity contribution is 6.30. The minimum Gasteiger partial charge on any atom is -0.493 e. The van der Waals surface area contributed by atoms with Crippen LogP contribution in [0.3, 0.4) is 0 Å². The van der Waals surface area contributed by atoms with Crippen LogP contribution in [0.5, 0.6) is 5.75 Å². The molecule has 1 aromatic rings. The fourth-order valence-corrected chi connectivity index (χ4v) is 2.98. The molecule has 0 unspecified atom stereocenters. The van der Waals surface area contributed by atoms with Gasteiger partial charge >= 0.3 is 0 Å². The van der Waals surface area contributed by atoms with E-state index in [0.717, 1.165) is 54.7 Å². The van der Waals surface area contributed by atoms with Crippen LogP contribution in [0.4, 0.5) is 0 Å². The molecule has 3 nitrogen and oxygen atoms in total. The molecule has 0 spiro atoms. The Morgan fingerprint density at radius 3 is 2.90 bits per heavy atom. The van der Waals surface area contributed by atoms with E-state index >= 15 is 0 Å². The summed E-state index contributed by atoms with van der Waals surface area (Å²) in [6.45, 7) is 7.07. The summed E-state index contributed by atoms with van der Waals surface area (Å²) in [5.74, 6) is 2.05. The third kappa shape index (κ3) is 2.89. The van der Waals surface area contributed by atoms with Gasteiger partial charge in [-0.2, -0.15) is 0 Å². The van der Waals surface area contributed by atoms with Crippen molar-refractivity contribution >= 4 is 29.8 Å². The van der Waals surface area contributed by atoms with Crippen LogP contribution >= 0.6 is 24.0 Å². The molecular weight excluding hydrogens is 295 g/mol. The summed E-state index contributed by atoms with van der Waals surface area (Å²) in [7, 11) is 0. The Kier molecular flexibility index (Phi) is 4.50. The predicted octanol–water partition coefficient (Wildman–Crippen LogP) is 3.37. The van der Waals surface area contributed by atoms with Crippen LogP contribution in [0.2, 0.25) is 5.02 Å². The average molecular weight is 315 g/mol. The van der Waals surface area contributed by atoms with Crippen LogP contribution < -0.4 is 10.1 Å². The Hall–Kier alpha value is -0.930. The fourth-order valence-electron chi connectivity index (χ4n) is 2.74. The first kappa shape index (κ1) is 15.5. The Morgan fingerprint density at radius 1 is 1.40 bits per heavy atom. The number of ether oxygens (including phenoxy) is 1. The molecule has 0 atom stereocenters. The van der Waals surface area contributed by atoms with Gasteiger partial charge in [-0.1, -0.05) is 25.4 Å². The number of nitrogens with one attached hydrogen (secondary N) is 1. The van der Waals surface area contributed by atoms with E-state index in [-0.39, 0.29) is 17.8 Å². The molecule has 0 amide bonds. The molecule has 0 bridgehead atoms. The molecule has 2 aliphatic heterocycles. The fraction of sp³-hybridized carbons (Fsp3) is 0.533. The number of nitrogens with zero attached hydrogens (tertiary/aromatic N) is 1. The highest BCUT2D eigenvalue weighted by atomic mass is 35.5. The van der Waals surface area contributed by atoms with Crippen molar-refractivity contribution in [2.75, 3.05) is 19.7 Å². The first-order valence-corrected chi connectivity index (χ1v) is 7.17. The smallest absolute Gasteiger partial charge is 0.126 e. The molecule has 0 aliphatic carbocycles. The van der Waals surface area contributed by atoms with Gasteiger partial charge in [0, 0.05) is 29.1 Å². The van der Waals surface area contributed by atoms with E-state index in [9.17, 15) is 0 Å². The molecule has 3 rings (SSSR count). The molecule has 2 heterocycles. The van der Waals surface area contributed by atoms with E-state index in [1.807, 2.05) is 12.1 Å². The monoisotopic (exact) mass is 314 g/mol. The normalized spacial score (nSPS) is 19.2. The number of halogens is 2. The number of amidine groups is 1. The van der Waals surface area contributed by atoms with Crippen molar-refractivity contribution in [2.24, 2.45) is 4.99 Å². The summed E-state index contributed by atoms with van der Waals surface area (Å²) in [5, 5.41) is 4.09. The van der Waals surface area contributed by atoms with E-state index in [1.165, 1.54) is 5.56 Å². The minimum atomic E-state index is 0. The van der Waals surface area contributed by atoms with E-state index in [1.54, 1.807) is 0 Å². The molecule has 0 saturated heterocycles. The average Bonchev–Trinajstić information content (AvgIpc) is 2.83. The highest BCUT2D eigenvalue weighted by Crippen LogP contribution is 2.42. The number of fused-ring (bicyclic) bond motifs is 1. The van der Waals surface area contributed by atoms with Gasteiger partial charge < -0.3 is 10.1 Å². The van der Waals surface area contributed by atoms with Crippen LogP contribution in [0.15, 0.2) is 17.1 Å². The summed E-state index contributed by atoms with van der Waals surface area (Å²) >= 11 is 6.28. The van der Waals surface area contributed by atoms with E-state index in [0.29, 0.717) is 0 Å². The van der Waals surface area contributed by atoms with Crippen molar-refractivity contribution in [1.82, 2.24) is 5.32 Å². The Morgan fingerprint density at radius 2 is 2.20 bits per heavy atom. The molecular formula is C15H20Cl2N2O. The van der Waals surface area contributed by atoms with Crippen LogP contribution in [0.25, 0.3) is 0 Å². The Bertz CT molecular complexity index is 541. The molecule has 0 radical (unpaired) electrons. The Balaban J connectivity index is 0.00000147. The maximum absolute atomic E-state index is 6.28. The van der Waals surface area contributed by atoms with E-state index in [2.05, 4.69) is 24.2 Å². The highest BCUT2D eigenvalue weighted by Gasteiger charge is 2.31. The topological polar surface area (TPSA) is 33.6 Å². The zero-order valence-electron chi connectivity index (χ0n) is 11.8. The molecule has 110 valence electrons. The first-order chi connectivity index (χ1) is 9.06. The molecule has 2 aliphatic rings. The Labute approximate surface area is 131 Å². The lowest BCUT2D eigenvalue weighted by Crippen LogP contribution is -2.28. The van der Waals surface area contributed by atoms with Crippen molar-refractivity contribution in [3.63, 3.8) is 0 Å². The summed E-state index contributed by atoms with van der Waals surface area (Å²) in [5.41, 5.74) is 2.49. The maximum atomic E-state index is 6.28. The third-order valence-electron chi connectivity index (χ3n) is 3.93. The summed E-state index contributed by atoms with van der Waals surface area (Å²) in [6, 6.07) is 4.05. The quantitative estimate of drug-likeness (QED) is 0.908. The zero-order valence-corrected chi connectivity index (χ0v) is 13.4. The number of hydrogen-bond acceptors (Lipinski definition) is 3. The van der Waals surface area contributed by atoms with Gasteiger partial charge in [-0.25, -0.2) is 0 Å². The number of aliphatic imine (C=N–C) groups is 1. The maximum Gasteiger partial charge on any atom is 0.126 e. The van der Waals surface area contributed by atoms with Crippen molar-refractivity contribution in [1.29, 1.82) is 0 Å². The van der Waals surface area contributed by atoms with Crippen LogP contribution in [-0.4, -0.2) is 25.5 Å². The SMILES string of the molecule is CC1(C)CCOc2c(CC3=NCCN3)cc(Cl)cc21.Cl. The van der Waals surface area contributed by atoms with Gasteiger partial charge in [-0.15, -0.1) is 12.4 Å². The van der Waals surface area contributed by atoms with Crippen LogP contribution in [0.1, 0.15) is 31.4 Å². The van der Waals surface area contributed by atoms with Gasteiger partial charge in [0.25, 0.3) is 0 Å². The lowest BCUT2D eigenvalue weighted by molar-refractivity contribution is 0.232. The van der Waals surface area contributed by atoms with Gasteiger partial charge in [-0.3, -0.25) is 4.99 Å². The van der Waals surface area contributed by atoms with Crippen molar-refractivity contribution in [3.05, 3.63) is 28.3 Å². The third-order valence-corrected chi connectivity index (χ3v) is 4.15. The van der Waals surface area contributed by atoms with Gasteiger partial charge in [-0.05, 0) is 24.0 Å². The number of rotatable bonds is 2. The molecule has 1 aromatic carbocycles. The number of benzene rings is 1. The van der Waals surface area contributed by atoms with Gasteiger partial charge in [0.1, 0.15) is 11.6 Å². The second-order valence-corrected chi connectivity index (χ2v) is 6.29. The molecule has 5 heteroatoms. The minimum absolute atomic E-state index is 0. The zero-order chi connectivity index (χ0) is 13.5. The van der Waals surface area contributed by atoms with Crippen LogP contribution in [-0.2, 0) is 11.8 Å². The molecule has 0 fully saturated rings. The molecule has 1 N–H and O–H groups in total. The summed E-state index contributed by atoms with van der Waals surface area (Å²) in [4.78, 5) is 4.45. The summed E-state index contributed by atoms with van der Waals surface area (Å²) in [6.07, 6.45) is 1.80. The van der Waals surface area contributed by atoms with Crippen molar-refractivity contribution < 1.29 is 4.74 Å². The molecule has 20 heavy (non-hydrogen) atoms. The van der Waals surface area contributed by atoms with E-state index < -0.39 is 0 Å².